The zero-order valence-electron chi connectivity index (χ0n) is 20.9. The van der Waals surface area contributed by atoms with E-state index in [0.29, 0.717) is 17.0 Å². The van der Waals surface area contributed by atoms with Gasteiger partial charge in [-0.05, 0) is 59.6 Å². The van der Waals surface area contributed by atoms with Crippen molar-refractivity contribution in [3.05, 3.63) is 58.4 Å². The number of carbonyl (C=O) groups excluding carboxylic acids is 3. The molecule has 1 heterocycles. The third-order valence-corrected chi connectivity index (χ3v) is 5.85. The Labute approximate surface area is 196 Å². The van der Waals surface area contributed by atoms with Crippen LogP contribution >= 0.6 is 0 Å². The second-order valence-electron chi connectivity index (χ2n) is 9.80. The number of allylic oxidation sites excluding steroid dienone is 3. The van der Waals surface area contributed by atoms with Crippen LogP contribution < -0.4 is 5.73 Å². The number of esters is 2. The number of hydrogen-bond donors (Lipinski definition) is 1. The van der Waals surface area contributed by atoms with Crippen LogP contribution in [0.15, 0.2) is 47.3 Å². The van der Waals surface area contributed by atoms with Gasteiger partial charge in [-0.2, -0.15) is 0 Å². The Balaban J connectivity index is 2.53. The summed E-state index contributed by atoms with van der Waals surface area (Å²) < 4.78 is 10.5. The van der Waals surface area contributed by atoms with Crippen molar-refractivity contribution in [3.63, 3.8) is 0 Å². The van der Waals surface area contributed by atoms with E-state index in [9.17, 15) is 14.4 Å². The van der Waals surface area contributed by atoms with Gasteiger partial charge in [0.05, 0.1) is 24.5 Å². The molecule has 0 aliphatic carbocycles. The first-order valence-corrected chi connectivity index (χ1v) is 11.0. The van der Waals surface area contributed by atoms with E-state index < -0.39 is 23.0 Å². The third kappa shape index (κ3) is 5.71. The van der Waals surface area contributed by atoms with Crippen molar-refractivity contribution in [3.8, 4) is 0 Å². The monoisotopic (exact) mass is 456 g/mol. The number of amides is 1. The van der Waals surface area contributed by atoms with Crippen molar-refractivity contribution in [1.29, 1.82) is 0 Å². The van der Waals surface area contributed by atoms with Crippen molar-refractivity contribution in [2.75, 3.05) is 13.7 Å². The Bertz CT molecular complexity index is 1000. The molecule has 1 aromatic carbocycles. The quantitative estimate of drug-likeness (QED) is 0.651. The Morgan fingerprint density at radius 1 is 1.06 bits per heavy atom. The molecule has 1 aliphatic rings. The summed E-state index contributed by atoms with van der Waals surface area (Å²) in [5, 5.41) is 0. The lowest BCUT2D eigenvalue weighted by atomic mass is 9.81. The Kier molecular flexibility index (Phi) is 7.91. The zero-order chi connectivity index (χ0) is 25.1. The molecule has 33 heavy (non-hydrogen) atoms. The number of rotatable bonds is 6. The Morgan fingerprint density at radius 3 is 2.18 bits per heavy atom. The lowest BCUT2D eigenvalue weighted by Gasteiger charge is -2.39. The number of nitrogens with two attached hydrogens (primary N) is 1. The molecule has 0 spiro atoms. The number of ether oxygens (including phenoxy) is 2. The average Bonchev–Trinajstić information content (AvgIpc) is 2.71. The fourth-order valence-corrected chi connectivity index (χ4v) is 4.09. The molecular formula is C26H36N2O5. The van der Waals surface area contributed by atoms with Gasteiger partial charge in [-0.1, -0.05) is 30.3 Å². The molecule has 0 fully saturated rings. The number of benzene rings is 1. The van der Waals surface area contributed by atoms with Crippen LogP contribution in [0.5, 0.6) is 0 Å². The molecule has 2 unspecified atom stereocenters. The Hall–Kier alpha value is -2.93. The number of hydrogen-bond acceptors (Lipinski definition) is 6. The van der Waals surface area contributed by atoms with Crippen molar-refractivity contribution in [2.45, 2.75) is 66.4 Å². The van der Waals surface area contributed by atoms with Gasteiger partial charge in [-0.3, -0.25) is 14.5 Å². The van der Waals surface area contributed by atoms with E-state index in [0.717, 1.165) is 11.1 Å². The van der Waals surface area contributed by atoms with Crippen molar-refractivity contribution >= 4 is 17.8 Å². The smallest absolute Gasteiger partial charge is 0.336 e. The molecule has 180 valence electrons. The molecule has 0 saturated carbocycles. The first-order chi connectivity index (χ1) is 15.3. The fourth-order valence-electron chi connectivity index (χ4n) is 4.09. The van der Waals surface area contributed by atoms with Crippen LogP contribution in [0.1, 0.15) is 65.0 Å². The van der Waals surface area contributed by atoms with Crippen LogP contribution in [0.25, 0.3) is 0 Å². The standard InChI is InChI=1S/C26H36N2O5/c1-16-11-9-10-12-19(16)20-13-17(2)28(18(3)22(20)23(30)32-8)24(31)26(7,15-27)14-21(29)33-25(4,5)6/h9-13,20H,14-15,27H2,1-8H3. The summed E-state index contributed by atoms with van der Waals surface area (Å²) in [4.78, 5) is 40.6. The van der Waals surface area contributed by atoms with Crippen LogP contribution in [0.4, 0.5) is 0 Å². The molecule has 0 aromatic heterocycles. The minimum atomic E-state index is -1.21. The summed E-state index contributed by atoms with van der Waals surface area (Å²) in [5.41, 5.74) is 7.58. The van der Waals surface area contributed by atoms with Gasteiger partial charge in [0.1, 0.15) is 5.60 Å². The number of methoxy groups -OCH3 is 1. The van der Waals surface area contributed by atoms with Crippen LogP contribution in [0, 0.1) is 12.3 Å². The minimum Gasteiger partial charge on any atom is -0.466 e. The first-order valence-electron chi connectivity index (χ1n) is 11.0. The normalized spacial score (nSPS) is 18.4. The maximum absolute atomic E-state index is 13.8. The Morgan fingerprint density at radius 2 is 1.67 bits per heavy atom. The third-order valence-electron chi connectivity index (χ3n) is 5.85. The molecule has 1 aliphatic heterocycles. The maximum atomic E-state index is 13.8. The van der Waals surface area contributed by atoms with Crippen molar-refractivity contribution in [1.82, 2.24) is 4.90 Å². The molecule has 1 amide bonds. The van der Waals surface area contributed by atoms with Gasteiger partial charge in [0.25, 0.3) is 0 Å². The van der Waals surface area contributed by atoms with Crippen LogP contribution in [0.2, 0.25) is 0 Å². The molecule has 7 nitrogen and oxygen atoms in total. The number of nitrogens with zero attached hydrogens (tertiary/aromatic N) is 1. The SMILES string of the molecule is COC(=O)C1=C(C)N(C(=O)C(C)(CN)CC(=O)OC(C)(C)C)C(C)=CC1c1ccccc1C. The van der Waals surface area contributed by atoms with Gasteiger partial charge in [0.15, 0.2) is 0 Å². The molecule has 1 aromatic rings. The summed E-state index contributed by atoms with van der Waals surface area (Å²) in [6.07, 6.45) is 1.70. The average molecular weight is 457 g/mol. The molecular weight excluding hydrogens is 420 g/mol. The van der Waals surface area contributed by atoms with Gasteiger partial charge >= 0.3 is 11.9 Å². The topological polar surface area (TPSA) is 98.9 Å². The molecule has 2 atom stereocenters. The number of carbonyl (C=O) groups is 3. The summed E-state index contributed by atoms with van der Waals surface area (Å²) in [7, 11) is 1.32. The molecule has 0 bridgehead atoms. The predicted octanol–water partition coefficient (Wildman–Crippen LogP) is 3.97. The molecule has 7 heteroatoms. The van der Waals surface area contributed by atoms with Gasteiger partial charge in [0.2, 0.25) is 5.91 Å². The first kappa shape index (κ1) is 26.3. The van der Waals surface area contributed by atoms with Gasteiger partial charge in [0, 0.05) is 23.9 Å². The van der Waals surface area contributed by atoms with Gasteiger partial charge in [-0.25, -0.2) is 4.79 Å². The van der Waals surface area contributed by atoms with E-state index >= 15 is 0 Å². The van der Waals surface area contributed by atoms with Crippen LogP contribution in [-0.4, -0.2) is 42.0 Å². The lowest BCUT2D eigenvalue weighted by Crippen LogP contribution is -2.48. The van der Waals surface area contributed by atoms with E-state index in [1.807, 2.05) is 44.2 Å². The van der Waals surface area contributed by atoms with E-state index in [1.54, 1.807) is 34.6 Å². The molecule has 2 N–H and O–H groups in total. The summed E-state index contributed by atoms with van der Waals surface area (Å²) in [6.45, 7) is 12.4. The second kappa shape index (κ2) is 9.91. The van der Waals surface area contributed by atoms with Crippen LogP contribution in [0.3, 0.4) is 0 Å². The zero-order valence-corrected chi connectivity index (χ0v) is 20.9. The predicted molar refractivity (Wildman–Crippen MR) is 127 cm³/mol. The lowest BCUT2D eigenvalue weighted by molar-refractivity contribution is -0.160. The highest BCUT2D eigenvalue weighted by Crippen LogP contribution is 2.40. The fraction of sp³-hybridized carbons (Fsp3) is 0.500. The van der Waals surface area contributed by atoms with E-state index in [1.165, 1.54) is 12.0 Å². The highest BCUT2D eigenvalue weighted by Gasteiger charge is 2.43. The largest absolute Gasteiger partial charge is 0.466 e. The summed E-state index contributed by atoms with van der Waals surface area (Å²) >= 11 is 0. The molecule has 2 rings (SSSR count). The summed E-state index contributed by atoms with van der Waals surface area (Å²) in [6, 6.07) is 7.79. The van der Waals surface area contributed by atoms with E-state index in [-0.39, 0.29) is 24.8 Å². The van der Waals surface area contributed by atoms with Crippen molar-refractivity contribution < 1.29 is 23.9 Å². The summed E-state index contributed by atoms with van der Waals surface area (Å²) in [5.74, 6) is -1.75. The van der Waals surface area contributed by atoms with Crippen molar-refractivity contribution in [2.24, 2.45) is 11.1 Å². The van der Waals surface area contributed by atoms with Crippen LogP contribution in [-0.2, 0) is 23.9 Å². The highest BCUT2D eigenvalue weighted by molar-refractivity contribution is 5.96. The second-order valence-corrected chi connectivity index (χ2v) is 9.80. The highest BCUT2D eigenvalue weighted by atomic mass is 16.6. The number of aryl methyl sites for hydroxylation is 1. The molecule has 0 saturated heterocycles. The van der Waals surface area contributed by atoms with E-state index in [4.69, 9.17) is 15.2 Å². The maximum Gasteiger partial charge on any atom is 0.336 e. The molecule has 0 radical (unpaired) electrons. The minimum absolute atomic E-state index is 0.0586. The van der Waals surface area contributed by atoms with E-state index in [2.05, 4.69) is 0 Å². The van der Waals surface area contributed by atoms with Gasteiger partial charge < -0.3 is 15.2 Å². The van der Waals surface area contributed by atoms with Gasteiger partial charge in [-0.15, -0.1) is 0 Å².